The topological polar surface area (TPSA) is 66.4 Å². The maximum absolute atomic E-state index is 13.2. The van der Waals surface area contributed by atoms with E-state index in [4.69, 9.17) is 0 Å². The molecule has 0 bridgehead atoms. The lowest BCUT2D eigenvalue weighted by Crippen LogP contribution is -2.38. The number of carboxylic acid groups (broad SMARTS) is 1. The highest BCUT2D eigenvalue weighted by Gasteiger charge is 2.26. The van der Waals surface area contributed by atoms with Gasteiger partial charge in [0.2, 0.25) is 5.91 Å². The Balaban J connectivity index is 2.98. The average molecular weight is 281 g/mol. The van der Waals surface area contributed by atoms with E-state index < -0.39 is 17.8 Å². The van der Waals surface area contributed by atoms with Crippen LogP contribution in [-0.2, 0) is 9.59 Å². The Morgan fingerprint density at radius 2 is 1.85 bits per heavy atom. The highest BCUT2D eigenvalue weighted by Crippen LogP contribution is 2.19. The van der Waals surface area contributed by atoms with Crippen molar-refractivity contribution in [3.8, 4) is 0 Å². The molecule has 110 valence electrons. The molecule has 2 N–H and O–H groups in total. The third-order valence-corrected chi connectivity index (χ3v) is 3.46. The molecular weight excluding hydrogens is 261 g/mol. The van der Waals surface area contributed by atoms with Gasteiger partial charge in [-0.05, 0) is 30.0 Å². The van der Waals surface area contributed by atoms with E-state index in [0.717, 1.165) is 0 Å². The van der Waals surface area contributed by atoms with E-state index in [2.05, 4.69) is 5.32 Å². The maximum atomic E-state index is 13.2. The number of hydrogen-bond acceptors (Lipinski definition) is 2. The molecule has 0 aliphatic heterocycles. The predicted octanol–water partition coefficient (Wildman–Crippen LogP) is 2.67. The lowest BCUT2D eigenvalue weighted by Gasteiger charge is -2.20. The summed E-state index contributed by atoms with van der Waals surface area (Å²) in [5.41, 5.74) is 0.709. The molecule has 1 rings (SSSR count). The second kappa shape index (κ2) is 6.50. The summed E-state index contributed by atoms with van der Waals surface area (Å²) in [6, 6.07) is 2.86. The number of amides is 1. The minimum atomic E-state index is -1.17. The highest BCUT2D eigenvalue weighted by molar-refractivity contribution is 5.85. The highest BCUT2D eigenvalue weighted by atomic mass is 19.1. The molecule has 0 spiro atoms. The Morgan fingerprint density at radius 3 is 2.30 bits per heavy atom. The Labute approximate surface area is 118 Å². The normalized spacial score (nSPS) is 13.9. The van der Waals surface area contributed by atoms with Gasteiger partial charge in [0, 0.05) is 5.92 Å². The second-order valence-corrected chi connectivity index (χ2v) is 5.32. The fourth-order valence-electron chi connectivity index (χ4n) is 1.71. The van der Waals surface area contributed by atoms with Crippen LogP contribution in [0.5, 0.6) is 0 Å². The van der Waals surface area contributed by atoms with Gasteiger partial charge in [-0.3, -0.25) is 4.79 Å². The fourth-order valence-corrected chi connectivity index (χ4v) is 1.71. The summed E-state index contributed by atoms with van der Waals surface area (Å²) in [6.45, 7) is 7.08. The van der Waals surface area contributed by atoms with Gasteiger partial charge < -0.3 is 10.4 Å². The van der Waals surface area contributed by atoms with Gasteiger partial charge in [-0.2, -0.15) is 0 Å². The molecule has 1 aromatic carbocycles. The lowest BCUT2D eigenvalue weighted by atomic mass is 9.96. The molecule has 1 aromatic rings. The number of halogens is 1. The Kier molecular flexibility index (Phi) is 5.25. The smallest absolute Gasteiger partial charge is 0.330 e. The molecular formula is C15H20FNO3. The number of carbonyl (C=O) groups is 2. The molecule has 0 saturated carbocycles. The summed E-state index contributed by atoms with van der Waals surface area (Å²) in [4.78, 5) is 23.3. The van der Waals surface area contributed by atoms with Gasteiger partial charge in [-0.15, -0.1) is 0 Å². The first-order valence-corrected chi connectivity index (χ1v) is 6.53. The molecule has 2 atom stereocenters. The second-order valence-electron chi connectivity index (χ2n) is 5.32. The van der Waals surface area contributed by atoms with Gasteiger partial charge in [0.05, 0.1) is 0 Å². The van der Waals surface area contributed by atoms with Crippen LogP contribution in [0.2, 0.25) is 0 Å². The van der Waals surface area contributed by atoms with Crippen LogP contribution in [-0.4, -0.2) is 17.0 Å². The van der Waals surface area contributed by atoms with Crippen molar-refractivity contribution in [2.45, 2.75) is 33.7 Å². The minimum Gasteiger partial charge on any atom is -0.479 e. The number of rotatable bonds is 5. The molecule has 4 nitrogen and oxygen atoms in total. The minimum absolute atomic E-state index is 0.111. The molecule has 0 aromatic heterocycles. The first-order valence-electron chi connectivity index (χ1n) is 6.53. The van der Waals surface area contributed by atoms with Crippen LogP contribution in [0, 0.1) is 24.6 Å². The van der Waals surface area contributed by atoms with Gasteiger partial charge in [-0.25, -0.2) is 9.18 Å². The fraction of sp³-hybridized carbons (Fsp3) is 0.467. The third-order valence-electron chi connectivity index (χ3n) is 3.46. The van der Waals surface area contributed by atoms with Crippen molar-refractivity contribution >= 4 is 11.9 Å². The quantitative estimate of drug-likeness (QED) is 0.872. The maximum Gasteiger partial charge on any atom is 0.330 e. The number of benzene rings is 1. The van der Waals surface area contributed by atoms with E-state index in [1.807, 2.05) is 13.8 Å². The number of carboxylic acids is 1. The van der Waals surface area contributed by atoms with E-state index in [1.54, 1.807) is 13.8 Å². The Morgan fingerprint density at radius 1 is 1.25 bits per heavy atom. The molecule has 2 unspecified atom stereocenters. The molecule has 1 amide bonds. The SMILES string of the molecule is Cc1cc(C(NC(=O)C(C)C(C)C)C(=O)O)ccc1F. The van der Waals surface area contributed by atoms with Gasteiger partial charge >= 0.3 is 5.97 Å². The molecule has 0 aliphatic carbocycles. The zero-order chi connectivity index (χ0) is 15.4. The van der Waals surface area contributed by atoms with Crippen LogP contribution < -0.4 is 5.32 Å². The van der Waals surface area contributed by atoms with Gasteiger partial charge in [0.1, 0.15) is 5.82 Å². The summed E-state index contributed by atoms with van der Waals surface area (Å²) in [7, 11) is 0. The van der Waals surface area contributed by atoms with Crippen LogP contribution in [0.3, 0.4) is 0 Å². The summed E-state index contributed by atoms with van der Waals surface area (Å²) in [5.74, 6) is -2.08. The average Bonchev–Trinajstić information content (AvgIpc) is 2.37. The van der Waals surface area contributed by atoms with E-state index in [9.17, 15) is 19.1 Å². The molecule has 0 saturated heterocycles. The monoisotopic (exact) mass is 281 g/mol. The Hall–Kier alpha value is -1.91. The van der Waals surface area contributed by atoms with E-state index >= 15 is 0 Å². The molecule has 0 aliphatic rings. The third kappa shape index (κ3) is 3.79. The molecule has 20 heavy (non-hydrogen) atoms. The van der Waals surface area contributed by atoms with Crippen molar-refractivity contribution in [1.82, 2.24) is 5.32 Å². The van der Waals surface area contributed by atoms with Gasteiger partial charge in [0.25, 0.3) is 0 Å². The van der Waals surface area contributed by atoms with Crippen LogP contribution >= 0.6 is 0 Å². The number of nitrogens with one attached hydrogen (secondary N) is 1. The predicted molar refractivity (Wildman–Crippen MR) is 73.7 cm³/mol. The zero-order valence-electron chi connectivity index (χ0n) is 12.1. The number of aliphatic carboxylic acids is 1. The number of aryl methyl sites for hydroxylation is 1. The van der Waals surface area contributed by atoms with Crippen LogP contribution in [0.25, 0.3) is 0 Å². The zero-order valence-corrected chi connectivity index (χ0v) is 12.1. The van der Waals surface area contributed by atoms with Gasteiger partial charge in [0.15, 0.2) is 6.04 Å². The standard InChI is InChI=1S/C15H20FNO3/c1-8(2)10(4)14(18)17-13(15(19)20)11-5-6-12(16)9(3)7-11/h5-8,10,13H,1-4H3,(H,17,18)(H,19,20). The van der Waals surface area contributed by atoms with Crippen LogP contribution in [0.4, 0.5) is 4.39 Å². The molecule has 0 radical (unpaired) electrons. The van der Waals surface area contributed by atoms with Crippen molar-refractivity contribution in [1.29, 1.82) is 0 Å². The van der Waals surface area contributed by atoms with Crippen molar-refractivity contribution < 1.29 is 19.1 Å². The first kappa shape index (κ1) is 16.1. The summed E-state index contributed by atoms with van der Waals surface area (Å²) in [5, 5.41) is 11.7. The van der Waals surface area contributed by atoms with Crippen LogP contribution in [0.15, 0.2) is 18.2 Å². The van der Waals surface area contributed by atoms with Gasteiger partial charge in [-0.1, -0.05) is 32.9 Å². The molecule has 5 heteroatoms. The number of hydrogen-bond donors (Lipinski definition) is 2. The first-order chi connectivity index (χ1) is 9.23. The van der Waals surface area contributed by atoms with Crippen molar-refractivity contribution in [3.63, 3.8) is 0 Å². The molecule has 0 fully saturated rings. The number of carbonyl (C=O) groups excluding carboxylic acids is 1. The van der Waals surface area contributed by atoms with Crippen LogP contribution in [0.1, 0.15) is 37.9 Å². The summed E-state index contributed by atoms with van der Waals surface area (Å²) in [6.07, 6.45) is 0. The van der Waals surface area contributed by atoms with E-state index in [0.29, 0.717) is 11.1 Å². The van der Waals surface area contributed by atoms with E-state index in [-0.39, 0.29) is 17.7 Å². The largest absolute Gasteiger partial charge is 0.479 e. The van der Waals surface area contributed by atoms with E-state index in [1.165, 1.54) is 18.2 Å². The summed E-state index contributed by atoms with van der Waals surface area (Å²) >= 11 is 0. The van der Waals surface area contributed by atoms with Crippen molar-refractivity contribution in [2.75, 3.05) is 0 Å². The van der Waals surface area contributed by atoms with Crippen molar-refractivity contribution in [2.24, 2.45) is 11.8 Å². The lowest BCUT2D eigenvalue weighted by molar-refractivity contribution is -0.142. The summed E-state index contributed by atoms with van der Waals surface area (Å²) < 4.78 is 13.2. The molecule has 0 heterocycles. The Bertz CT molecular complexity index is 514. The van der Waals surface area contributed by atoms with Crippen molar-refractivity contribution in [3.05, 3.63) is 35.1 Å².